The van der Waals surface area contributed by atoms with Gasteiger partial charge in [-0.15, -0.1) is 0 Å². The van der Waals surface area contributed by atoms with Crippen molar-refractivity contribution in [1.29, 1.82) is 0 Å². The van der Waals surface area contributed by atoms with E-state index in [-0.39, 0.29) is 5.95 Å². The first-order valence-corrected chi connectivity index (χ1v) is 9.53. The Labute approximate surface area is 174 Å². The molecule has 0 bridgehead atoms. The molecular formula is C19H18F3N5O2S. The van der Waals surface area contributed by atoms with E-state index >= 15 is 0 Å². The number of nitrogens with one attached hydrogen (secondary N) is 1. The van der Waals surface area contributed by atoms with Gasteiger partial charge in [-0.25, -0.2) is 24.6 Å². The number of halogens is 3. The molecule has 2 aromatic heterocycles. The molecule has 3 aromatic rings. The van der Waals surface area contributed by atoms with Crippen LogP contribution in [0.2, 0.25) is 0 Å². The smallest absolute Gasteiger partial charge is 0.433 e. The summed E-state index contributed by atoms with van der Waals surface area (Å²) in [5, 5.41) is 12.6. The van der Waals surface area contributed by atoms with E-state index in [0.29, 0.717) is 15.7 Å². The van der Waals surface area contributed by atoms with E-state index < -0.39 is 23.5 Å². The number of rotatable bonds is 4. The van der Waals surface area contributed by atoms with Crippen LogP contribution in [0.15, 0.2) is 42.7 Å². The molecular weight excluding hydrogens is 419 g/mol. The minimum Gasteiger partial charge on any atom is -0.465 e. The van der Waals surface area contributed by atoms with Gasteiger partial charge in [0.15, 0.2) is 5.13 Å². The summed E-state index contributed by atoms with van der Waals surface area (Å²) >= 11 is 1.20. The molecule has 1 aromatic carbocycles. The SMILES string of the molecule is CC(C)(C)N(C(=O)O)c1ncc(-c2cccc(Nc3nccc(C(F)(F)F)n3)c2)s1. The van der Waals surface area contributed by atoms with Crippen molar-refractivity contribution in [2.24, 2.45) is 0 Å². The number of carboxylic acid groups (broad SMARTS) is 1. The molecule has 2 heterocycles. The van der Waals surface area contributed by atoms with E-state index in [1.165, 1.54) is 16.2 Å². The highest BCUT2D eigenvalue weighted by molar-refractivity contribution is 7.19. The number of carbonyl (C=O) groups is 1. The first-order valence-electron chi connectivity index (χ1n) is 8.72. The molecule has 3 rings (SSSR count). The average molecular weight is 437 g/mol. The molecule has 11 heteroatoms. The lowest BCUT2D eigenvalue weighted by Crippen LogP contribution is -2.45. The van der Waals surface area contributed by atoms with E-state index in [0.717, 1.165) is 17.8 Å². The van der Waals surface area contributed by atoms with Crippen LogP contribution < -0.4 is 10.2 Å². The van der Waals surface area contributed by atoms with Gasteiger partial charge in [0.1, 0.15) is 5.69 Å². The van der Waals surface area contributed by atoms with Crippen molar-refractivity contribution in [2.45, 2.75) is 32.5 Å². The van der Waals surface area contributed by atoms with Crippen LogP contribution in [-0.4, -0.2) is 31.7 Å². The molecule has 7 nitrogen and oxygen atoms in total. The van der Waals surface area contributed by atoms with Gasteiger partial charge in [0.25, 0.3) is 0 Å². The van der Waals surface area contributed by atoms with Gasteiger partial charge in [0.05, 0.1) is 4.88 Å². The van der Waals surface area contributed by atoms with Gasteiger partial charge in [0.2, 0.25) is 5.95 Å². The summed E-state index contributed by atoms with van der Waals surface area (Å²) in [6.07, 6.45) is -3.09. The standard InChI is InChI=1S/C19H18F3N5O2S/c1-18(2,3)27(17(28)29)16-24-10-13(30-16)11-5-4-6-12(9-11)25-15-23-8-7-14(26-15)19(20,21)22/h4-10H,1-3H3,(H,28,29)(H,23,25,26). The second kappa shape index (κ2) is 7.90. The van der Waals surface area contributed by atoms with Crippen molar-refractivity contribution in [3.8, 4) is 10.4 Å². The maximum absolute atomic E-state index is 12.8. The summed E-state index contributed by atoms with van der Waals surface area (Å²) in [6.45, 7) is 5.30. The lowest BCUT2D eigenvalue weighted by molar-refractivity contribution is -0.141. The topological polar surface area (TPSA) is 91.2 Å². The van der Waals surface area contributed by atoms with Crippen LogP contribution in [0.5, 0.6) is 0 Å². The minimum absolute atomic E-state index is 0.184. The number of benzene rings is 1. The van der Waals surface area contributed by atoms with Gasteiger partial charge in [-0.2, -0.15) is 13.2 Å². The maximum atomic E-state index is 12.8. The summed E-state index contributed by atoms with van der Waals surface area (Å²) in [4.78, 5) is 25.1. The monoisotopic (exact) mass is 437 g/mol. The zero-order chi connectivity index (χ0) is 22.1. The molecule has 158 valence electrons. The van der Waals surface area contributed by atoms with E-state index in [1.807, 2.05) is 0 Å². The predicted octanol–water partition coefficient (Wildman–Crippen LogP) is 5.65. The van der Waals surface area contributed by atoms with Crippen LogP contribution >= 0.6 is 11.3 Å². The Morgan fingerprint density at radius 3 is 2.53 bits per heavy atom. The molecule has 0 fully saturated rings. The normalized spacial score (nSPS) is 11.9. The third kappa shape index (κ3) is 4.85. The number of hydrogen-bond acceptors (Lipinski definition) is 6. The highest BCUT2D eigenvalue weighted by Crippen LogP contribution is 2.35. The summed E-state index contributed by atoms with van der Waals surface area (Å²) in [7, 11) is 0. The molecule has 0 saturated heterocycles. The Balaban J connectivity index is 1.87. The van der Waals surface area contributed by atoms with E-state index in [4.69, 9.17) is 0 Å². The second-order valence-electron chi connectivity index (χ2n) is 7.26. The zero-order valence-corrected chi connectivity index (χ0v) is 17.0. The third-order valence-corrected chi connectivity index (χ3v) is 4.93. The molecule has 0 aliphatic heterocycles. The molecule has 0 aliphatic rings. The summed E-state index contributed by atoms with van der Waals surface area (Å²) < 4.78 is 38.5. The van der Waals surface area contributed by atoms with Gasteiger partial charge in [0, 0.05) is 23.6 Å². The fourth-order valence-corrected chi connectivity index (χ4v) is 3.71. The summed E-state index contributed by atoms with van der Waals surface area (Å²) in [5.74, 6) is -0.184. The number of hydrogen-bond donors (Lipinski definition) is 2. The second-order valence-corrected chi connectivity index (χ2v) is 8.27. The molecule has 0 aliphatic carbocycles. The van der Waals surface area contributed by atoms with Crippen LogP contribution in [0.3, 0.4) is 0 Å². The summed E-state index contributed by atoms with van der Waals surface area (Å²) in [5.41, 5.74) is -0.521. The Morgan fingerprint density at radius 2 is 1.90 bits per heavy atom. The van der Waals surface area contributed by atoms with Gasteiger partial charge in [-0.3, -0.25) is 0 Å². The molecule has 0 saturated carbocycles. The Kier molecular flexibility index (Phi) is 5.66. The first-order chi connectivity index (χ1) is 13.9. The van der Waals surface area contributed by atoms with Crippen LogP contribution in [0, 0.1) is 0 Å². The fraction of sp³-hybridized carbons (Fsp3) is 0.263. The highest BCUT2D eigenvalue weighted by Gasteiger charge is 2.33. The van der Waals surface area contributed by atoms with Gasteiger partial charge >= 0.3 is 12.3 Å². The van der Waals surface area contributed by atoms with Crippen LogP contribution in [0.1, 0.15) is 26.5 Å². The molecule has 0 unspecified atom stereocenters. The number of aromatic nitrogens is 3. The average Bonchev–Trinajstić information content (AvgIpc) is 3.09. The minimum atomic E-state index is -4.57. The number of amides is 1. The lowest BCUT2D eigenvalue weighted by Gasteiger charge is -2.30. The Morgan fingerprint density at radius 1 is 1.17 bits per heavy atom. The van der Waals surface area contributed by atoms with Crippen LogP contribution in [0.4, 0.5) is 34.7 Å². The number of thiazole rings is 1. The van der Waals surface area contributed by atoms with Crippen LogP contribution in [-0.2, 0) is 6.18 Å². The van der Waals surface area contributed by atoms with Gasteiger partial charge in [-0.1, -0.05) is 23.5 Å². The van der Waals surface area contributed by atoms with Crippen LogP contribution in [0.25, 0.3) is 10.4 Å². The van der Waals surface area contributed by atoms with E-state index in [9.17, 15) is 23.1 Å². The zero-order valence-electron chi connectivity index (χ0n) is 16.2. The van der Waals surface area contributed by atoms with Crippen molar-refractivity contribution in [1.82, 2.24) is 15.0 Å². The van der Waals surface area contributed by atoms with E-state index in [1.54, 1.807) is 51.2 Å². The Hall–Kier alpha value is -3.21. The Bertz CT molecular complexity index is 1060. The van der Waals surface area contributed by atoms with Gasteiger partial charge in [-0.05, 0) is 44.5 Å². The lowest BCUT2D eigenvalue weighted by atomic mass is 10.1. The van der Waals surface area contributed by atoms with Gasteiger partial charge < -0.3 is 10.4 Å². The first kappa shape index (κ1) is 21.5. The van der Waals surface area contributed by atoms with Crippen molar-refractivity contribution >= 4 is 34.2 Å². The molecule has 30 heavy (non-hydrogen) atoms. The van der Waals surface area contributed by atoms with Crippen molar-refractivity contribution in [3.63, 3.8) is 0 Å². The largest absolute Gasteiger partial charge is 0.465 e. The molecule has 1 amide bonds. The van der Waals surface area contributed by atoms with Crippen molar-refractivity contribution in [2.75, 3.05) is 10.2 Å². The molecule has 2 N–H and O–H groups in total. The summed E-state index contributed by atoms with van der Waals surface area (Å²) in [6, 6.07) is 7.65. The highest BCUT2D eigenvalue weighted by atomic mass is 32.1. The van der Waals surface area contributed by atoms with E-state index in [2.05, 4.69) is 20.3 Å². The number of anilines is 3. The molecule has 0 radical (unpaired) electrons. The van der Waals surface area contributed by atoms with Crippen molar-refractivity contribution in [3.05, 3.63) is 48.4 Å². The fourth-order valence-electron chi connectivity index (χ4n) is 2.61. The molecule has 0 spiro atoms. The predicted molar refractivity (Wildman–Crippen MR) is 108 cm³/mol. The number of alkyl halides is 3. The number of nitrogens with zero attached hydrogens (tertiary/aromatic N) is 4. The quantitative estimate of drug-likeness (QED) is 0.548. The van der Waals surface area contributed by atoms with Crippen molar-refractivity contribution < 1.29 is 23.1 Å². The third-order valence-electron chi connectivity index (χ3n) is 3.90. The molecule has 0 atom stereocenters. The maximum Gasteiger partial charge on any atom is 0.433 e.